The van der Waals surface area contributed by atoms with Crippen molar-refractivity contribution >= 4 is 5.91 Å². The van der Waals surface area contributed by atoms with Crippen LogP contribution in [0.15, 0.2) is 42.5 Å². The summed E-state index contributed by atoms with van der Waals surface area (Å²) >= 11 is 0. The first-order chi connectivity index (χ1) is 13.0. The summed E-state index contributed by atoms with van der Waals surface area (Å²) < 4.78 is 12.0. The molecular formula is C23H29NO3. The first-order valence-corrected chi connectivity index (χ1v) is 9.73. The van der Waals surface area contributed by atoms with Gasteiger partial charge in [0.15, 0.2) is 6.61 Å². The van der Waals surface area contributed by atoms with Gasteiger partial charge in [0.25, 0.3) is 5.91 Å². The summed E-state index contributed by atoms with van der Waals surface area (Å²) in [7, 11) is 0. The van der Waals surface area contributed by atoms with Crippen molar-refractivity contribution in [3.05, 3.63) is 59.2 Å². The number of para-hydroxylation sites is 1. The second-order valence-electron chi connectivity index (χ2n) is 7.41. The molecule has 27 heavy (non-hydrogen) atoms. The van der Waals surface area contributed by atoms with Crippen LogP contribution in [0.1, 0.15) is 55.8 Å². The molecule has 0 bridgehead atoms. The molecule has 0 saturated heterocycles. The molecule has 0 radical (unpaired) electrons. The maximum Gasteiger partial charge on any atom is 0.258 e. The second-order valence-corrected chi connectivity index (χ2v) is 7.41. The largest absolute Gasteiger partial charge is 0.487 e. The van der Waals surface area contributed by atoms with Gasteiger partial charge in [0, 0.05) is 12.0 Å². The molecule has 0 spiro atoms. The number of aryl methyl sites for hydroxylation is 2. The Balaban J connectivity index is 1.70. The maximum absolute atomic E-state index is 12.6. The molecule has 3 rings (SSSR count). The molecular weight excluding hydrogens is 338 g/mol. The van der Waals surface area contributed by atoms with Crippen LogP contribution in [-0.4, -0.2) is 18.1 Å². The lowest BCUT2D eigenvalue weighted by Crippen LogP contribution is -2.45. The predicted molar refractivity (Wildman–Crippen MR) is 107 cm³/mol. The summed E-state index contributed by atoms with van der Waals surface area (Å²) in [4.78, 5) is 12.6. The minimum absolute atomic E-state index is 0.00861. The van der Waals surface area contributed by atoms with E-state index in [0.29, 0.717) is 0 Å². The Hall–Kier alpha value is -2.49. The monoisotopic (exact) mass is 367 g/mol. The zero-order valence-corrected chi connectivity index (χ0v) is 16.7. The van der Waals surface area contributed by atoms with Gasteiger partial charge in [-0.1, -0.05) is 49.7 Å². The topological polar surface area (TPSA) is 47.6 Å². The number of hydrogen-bond acceptors (Lipinski definition) is 3. The van der Waals surface area contributed by atoms with E-state index in [1.54, 1.807) is 0 Å². The van der Waals surface area contributed by atoms with E-state index < -0.39 is 0 Å². The van der Waals surface area contributed by atoms with Crippen molar-refractivity contribution in [2.75, 3.05) is 6.61 Å². The number of benzene rings is 2. The van der Waals surface area contributed by atoms with Crippen LogP contribution in [0.25, 0.3) is 0 Å². The van der Waals surface area contributed by atoms with Gasteiger partial charge in [-0.05, 0) is 44.4 Å². The van der Waals surface area contributed by atoms with Gasteiger partial charge < -0.3 is 14.8 Å². The van der Waals surface area contributed by atoms with Crippen LogP contribution in [0.4, 0.5) is 0 Å². The third-order valence-corrected chi connectivity index (χ3v) is 5.51. The lowest BCUT2D eigenvalue weighted by molar-refractivity contribution is -0.124. The second kappa shape index (κ2) is 8.03. The summed E-state index contributed by atoms with van der Waals surface area (Å²) in [5.41, 5.74) is 3.02. The summed E-state index contributed by atoms with van der Waals surface area (Å²) in [6.07, 6.45) is 2.58. The summed E-state index contributed by atoms with van der Waals surface area (Å²) in [6.45, 7) is 8.32. The van der Waals surface area contributed by atoms with Crippen molar-refractivity contribution < 1.29 is 14.3 Å². The highest BCUT2D eigenvalue weighted by atomic mass is 16.5. The molecule has 1 unspecified atom stereocenters. The fraction of sp³-hybridized carbons (Fsp3) is 0.435. The minimum atomic E-state index is -0.235. The summed E-state index contributed by atoms with van der Waals surface area (Å²) in [6, 6.07) is 13.9. The number of hydrogen-bond donors (Lipinski definition) is 1. The number of carbonyl (C=O) groups excluding carboxylic acids is 1. The zero-order chi connectivity index (χ0) is 19.4. The van der Waals surface area contributed by atoms with Gasteiger partial charge in [-0.2, -0.15) is 0 Å². The Bertz CT molecular complexity index is 811. The molecule has 144 valence electrons. The van der Waals surface area contributed by atoms with Crippen molar-refractivity contribution in [2.24, 2.45) is 0 Å². The Morgan fingerprint density at radius 3 is 2.63 bits per heavy atom. The van der Waals surface area contributed by atoms with Crippen molar-refractivity contribution in [2.45, 2.75) is 58.6 Å². The van der Waals surface area contributed by atoms with E-state index in [9.17, 15) is 4.79 Å². The number of amides is 1. The number of ether oxygens (including phenoxy) is 2. The van der Waals surface area contributed by atoms with Crippen LogP contribution in [0.5, 0.6) is 11.5 Å². The molecule has 1 N–H and O–H groups in total. The van der Waals surface area contributed by atoms with E-state index in [1.165, 1.54) is 5.56 Å². The predicted octanol–water partition coefficient (Wildman–Crippen LogP) is 4.88. The Labute approximate surface area is 161 Å². The SMILES string of the molecule is CCC1(CC)CC(NC(=O)COc2ccc(C)cc2C)c2ccccc2O1. The van der Waals surface area contributed by atoms with Gasteiger partial charge in [-0.15, -0.1) is 0 Å². The van der Waals surface area contributed by atoms with Crippen LogP contribution < -0.4 is 14.8 Å². The lowest BCUT2D eigenvalue weighted by atomic mass is 9.83. The molecule has 4 nitrogen and oxygen atoms in total. The van der Waals surface area contributed by atoms with Gasteiger partial charge >= 0.3 is 0 Å². The van der Waals surface area contributed by atoms with Crippen LogP contribution in [-0.2, 0) is 4.79 Å². The third-order valence-electron chi connectivity index (χ3n) is 5.51. The van der Waals surface area contributed by atoms with Crippen molar-refractivity contribution in [3.8, 4) is 11.5 Å². The number of fused-ring (bicyclic) bond motifs is 1. The normalized spacial score (nSPS) is 17.6. The smallest absolute Gasteiger partial charge is 0.258 e. The van der Waals surface area contributed by atoms with E-state index in [1.807, 2.05) is 50.2 Å². The van der Waals surface area contributed by atoms with Crippen molar-refractivity contribution in [1.29, 1.82) is 0 Å². The molecule has 1 aliphatic rings. The average Bonchev–Trinajstić information content (AvgIpc) is 2.67. The molecule has 4 heteroatoms. The first kappa shape index (κ1) is 19.3. The number of rotatable bonds is 6. The highest BCUT2D eigenvalue weighted by Crippen LogP contribution is 2.42. The van der Waals surface area contributed by atoms with Crippen LogP contribution in [0, 0.1) is 13.8 Å². The molecule has 0 aromatic heterocycles. The van der Waals surface area contributed by atoms with Gasteiger partial charge in [-0.3, -0.25) is 4.79 Å². The fourth-order valence-corrected chi connectivity index (χ4v) is 3.77. The molecule has 1 heterocycles. The standard InChI is InChI=1S/C23H29NO3/c1-5-23(6-2)14-19(18-9-7-8-10-21(18)27-23)24-22(25)15-26-20-12-11-16(3)13-17(20)4/h7-13,19H,5-6,14-15H2,1-4H3,(H,24,25). The molecule has 2 aromatic rings. The Morgan fingerprint density at radius 1 is 1.19 bits per heavy atom. The quantitative estimate of drug-likeness (QED) is 0.791. The number of nitrogens with one attached hydrogen (secondary N) is 1. The summed E-state index contributed by atoms with van der Waals surface area (Å²) in [5, 5.41) is 3.16. The van der Waals surface area contributed by atoms with E-state index >= 15 is 0 Å². The lowest BCUT2D eigenvalue weighted by Gasteiger charge is -2.41. The molecule has 1 aliphatic heterocycles. The zero-order valence-electron chi connectivity index (χ0n) is 16.7. The molecule has 2 aromatic carbocycles. The minimum Gasteiger partial charge on any atom is -0.487 e. The number of carbonyl (C=O) groups is 1. The van der Waals surface area contributed by atoms with Crippen LogP contribution >= 0.6 is 0 Å². The molecule has 0 aliphatic carbocycles. The van der Waals surface area contributed by atoms with Crippen LogP contribution in [0.2, 0.25) is 0 Å². The van der Waals surface area contributed by atoms with Gasteiger partial charge in [0.05, 0.1) is 6.04 Å². The van der Waals surface area contributed by atoms with Crippen LogP contribution in [0.3, 0.4) is 0 Å². The Morgan fingerprint density at radius 2 is 1.93 bits per heavy atom. The van der Waals surface area contributed by atoms with Crippen molar-refractivity contribution in [3.63, 3.8) is 0 Å². The van der Waals surface area contributed by atoms with E-state index in [0.717, 1.165) is 41.9 Å². The summed E-state index contributed by atoms with van der Waals surface area (Å²) in [5.74, 6) is 1.51. The highest BCUT2D eigenvalue weighted by molar-refractivity contribution is 5.78. The van der Waals surface area contributed by atoms with Crippen molar-refractivity contribution in [1.82, 2.24) is 5.32 Å². The van der Waals surface area contributed by atoms with E-state index in [2.05, 4.69) is 25.2 Å². The van der Waals surface area contributed by atoms with E-state index in [4.69, 9.17) is 9.47 Å². The molecule has 1 amide bonds. The molecule has 0 saturated carbocycles. The first-order valence-electron chi connectivity index (χ1n) is 9.73. The molecule has 1 atom stereocenters. The molecule has 0 fully saturated rings. The van der Waals surface area contributed by atoms with E-state index in [-0.39, 0.29) is 24.2 Å². The average molecular weight is 367 g/mol. The van der Waals surface area contributed by atoms with Gasteiger partial charge in [0.1, 0.15) is 17.1 Å². The highest BCUT2D eigenvalue weighted by Gasteiger charge is 2.38. The third kappa shape index (κ3) is 4.26. The van der Waals surface area contributed by atoms with Gasteiger partial charge in [0.2, 0.25) is 0 Å². The Kier molecular flexibility index (Phi) is 5.73. The van der Waals surface area contributed by atoms with Gasteiger partial charge in [-0.25, -0.2) is 0 Å². The fourth-order valence-electron chi connectivity index (χ4n) is 3.77. The maximum atomic E-state index is 12.6.